The van der Waals surface area contributed by atoms with Crippen LogP contribution in [0.5, 0.6) is 0 Å². The Kier molecular flexibility index (Phi) is 5.47. The molecule has 0 saturated carbocycles. The fraction of sp³-hybridized carbons (Fsp3) is 0.217. The molecule has 9 nitrogen and oxygen atoms in total. The van der Waals surface area contributed by atoms with Gasteiger partial charge in [-0.25, -0.2) is 14.2 Å². The van der Waals surface area contributed by atoms with Crippen LogP contribution in [0.4, 0.5) is 4.39 Å². The Morgan fingerprint density at radius 1 is 1.06 bits per heavy atom. The Morgan fingerprint density at radius 2 is 1.91 bits per heavy atom. The minimum atomic E-state index is -1.02. The van der Waals surface area contributed by atoms with Crippen molar-refractivity contribution in [3.63, 3.8) is 0 Å². The van der Waals surface area contributed by atoms with Gasteiger partial charge in [-0.15, -0.1) is 0 Å². The summed E-state index contributed by atoms with van der Waals surface area (Å²) in [4.78, 5) is 30.4. The summed E-state index contributed by atoms with van der Waals surface area (Å²) >= 11 is 0. The second kappa shape index (κ2) is 8.73. The van der Waals surface area contributed by atoms with Crippen LogP contribution in [-0.4, -0.2) is 41.0 Å². The minimum Gasteiger partial charge on any atom is -0.467 e. The Hall–Kier alpha value is -4.21. The van der Waals surface area contributed by atoms with E-state index in [1.165, 1.54) is 29.7 Å². The van der Waals surface area contributed by atoms with Crippen molar-refractivity contribution in [2.24, 2.45) is 10.3 Å². The van der Waals surface area contributed by atoms with Gasteiger partial charge in [-0.3, -0.25) is 4.79 Å². The highest BCUT2D eigenvalue weighted by molar-refractivity contribution is 6.04. The third-order valence-electron chi connectivity index (χ3n) is 5.27. The molecule has 0 saturated heterocycles. The molecule has 2 aliphatic heterocycles. The lowest BCUT2D eigenvalue weighted by atomic mass is 10.1. The first-order valence-electron chi connectivity index (χ1n) is 10.2. The van der Waals surface area contributed by atoms with Gasteiger partial charge in [0, 0.05) is 18.4 Å². The molecule has 0 bridgehead atoms. The molecular formula is C23H18FN3O6. The highest BCUT2D eigenvalue weighted by Crippen LogP contribution is 2.33. The number of ether oxygens (including phenoxy) is 1. The molecule has 0 aliphatic carbocycles. The molecule has 2 aromatic heterocycles. The third-order valence-corrected chi connectivity index (χ3v) is 5.27. The molecule has 3 aromatic rings. The number of esters is 1. The largest absolute Gasteiger partial charge is 0.467 e. The maximum atomic E-state index is 13.4. The number of furan rings is 2. The summed E-state index contributed by atoms with van der Waals surface area (Å²) in [5.74, 6) is -0.608. The lowest BCUT2D eigenvalue weighted by Gasteiger charge is -2.20. The van der Waals surface area contributed by atoms with Crippen LogP contribution in [0, 0.1) is 5.82 Å². The Morgan fingerprint density at radius 3 is 2.67 bits per heavy atom. The van der Waals surface area contributed by atoms with Gasteiger partial charge >= 0.3 is 5.97 Å². The van der Waals surface area contributed by atoms with Crippen LogP contribution in [0.15, 0.2) is 80.1 Å². The number of hydrazone groups is 1. The summed E-state index contributed by atoms with van der Waals surface area (Å²) in [6.45, 7) is -0.542. The van der Waals surface area contributed by atoms with Crippen LogP contribution in [0.3, 0.4) is 0 Å². The molecule has 0 spiro atoms. The molecule has 5 rings (SSSR count). The van der Waals surface area contributed by atoms with E-state index in [0.717, 1.165) is 0 Å². The number of carbonyl (C=O) groups is 2. The number of carbonyl (C=O) groups excluding carboxylic acids is 2. The van der Waals surface area contributed by atoms with E-state index in [1.54, 1.807) is 36.4 Å². The van der Waals surface area contributed by atoms with Crippen molar-refractivity contribution in [1.82, 2.24) is 5.01 Å². The molecule has 10 heteroatoms. The molecule has 1 aromatic carbocycles. The molecular weight excluding hydrogens is 433 g/mol. The second-order valence-electron chi connectivity index (χ2n) is 7.45. The van der Waals surface area contributed by atoms with Crippen LogP contribution >= 0.6 is 0 Å². The number of oxime groups is 1. The van der Waals surface area contributed by atoms with Gasteiger partial charge in [-0.1, -0.05) is 17.3 Å². The quantitative estimate of drug-likeness (QED) is 0.532. The molecule has 1 amide bonds. The van der Waals surface area contributed by atoms with Crippen LogP contribution in [0.1, 0.15) is 36.0 Å². The Balaban J connectivity index is 1.22. The number of rotatable bonds is 6. The molecule has 0 N–H and O–H groups in total. The molecule has 168 valence electrons. The Bertz CT molecular complexity index is 1220. The van der Waals surface area contributed by atoms with Crippen molar-refractivity contribution < 1.29 is 32.4 Å². The first kappa shape index (κ1) is 20.7. The summed E-state index contributed by atoms with van der Waals surface area (Å²) in [5.41, 5.74) is 1.51. The van der Waals surface area contributed by atoms with Gasteiger partial charge in [0.2, 0.25) is 6.10 Å². The van der Waals surface area contributed by atoms with Crippen molar-refractivity contribution in [1.29, 1.82) is 0 Å². The van der Waals surface area contributed by atoms with Gasteiger partial charge in [0.25, 0.3) is 5.91 Å². The SMILES string of the molecule is O=C(OCC(=O)N1N=C(c2ccco2)CC1c1ccco1)C1CC(c2cccc(F)c2)=NO1. The van der Waals surface area contributed by atoms with Crippen molar-refractivity contribution in [3.05, 3.63) is 84.0 Å². The number of benzene rings is 1. The zero-order valence-corrected chi connectivity index (χ0v) is 17.2. The van der Waals surface area contributed by atoms with E-state index in [9.17, 15) is 14.0 Å². The predicted octanol–water partition coefficient (Wildman–Crippen LogP) is 3.43. The molecule has 4 heterocycles. The molecule has 2 unspecified atom stereocenters. The van der Waals surface area contributed by atoms with Gasteiger partial charge in [0.15, 0.2) is 6.61 Å². The first-order valence-corrected chi connectivity index (χ1v) is 10.2. The van der Waals surface area contributed by atoms with E-state index in [0.29, 0.717) is 34.9 Å². The van der Waals surface area contributed by atoms with Crippen molar-refractivity contribution in [3.8, 4) is 0 Å². The van der Waals surface area contributed by atoms with Gasteiger partial charge < -0.3 is 18.4 Å². The summed E-state index contributed by atoms with van der Waals surface area (Å²) in [7, 11) is 0. The maximum Gasteiger partial charge on any atom is 0.351 e. The Labute approximate surface area is 187 Å². The van der Waals surface area contributed by atoms with Gasteiger partial charge in [-0.05, 0) is 36.4 Å². The highest BCUT2D eigenvalue weighted by Gasteiger charge is 2.37. The number of amides is 1. The summed E-state index contributed by atoms with van der Waals surface area (Å²) in [6.07, 6.45) is 2.51. The van der Waals surface area contributed by atoms with Crippen LogP contribution in [-0.2, 0) is 19.2 Å². The zero-order valence-electron chi connectivity index (χ0n) is 17.2. The number of hydrogen-bond donors (Lipinski definition) is 0. The first-order chi connectivity index (χ1) is 16.1. The molecule has 0 fully saturated rings. The zero-order chi connectivity index (χ0) is 22.8. The molecule has 2 atom stereocenters. The van der Waals surface area contributed by atoms with E-state index < -0.39 is 36.4 Å². The van der Waals surface area contributed by atoms with E-state index in [1.807, 2.05) is 0 Å². The van der Waals surface area contributed by atoms with Crippen molar-refractivity contribution in [2.45, 2.75) is 25.0 Å². The molecule has 33 heavy (non-hydrogen) atoms. The fourth-order valence-electron chi connectivity index (χ4n) is 3.67. The van der Waals surface area contributed by atoms with Crippen molar-refractivity contribution in [2.75, 3.05) is 6.61 Å². The van der Waals surface area contributed by atoms with Crippen molar-refractivity contribution >= 4 is 23.3 Å². The monoisotopic (exact) mass is 451 g/mol. The van der Waals surface area contributed by atoms with E-state index >= 15 is 0 Å². The number of nitrogens with zero attached hydrogens (tertiary/aromatic N) is 3. The average molecular weight is 451 g/mol. The fourth-order valence-corrected chi connectivity index (χ4v) is 3.67. The maximum absolute atomic E-state index is 13.4. The molecule has 0 radical (unpaired) electrons. The van der Waals surface area contributed by atoms with E-state index in [-0.39, 0.29) is 6.42 Å². The highest BCUT2D eigenvalue weighted by atomic mass is 19.1. The standard InChI is InChI=1S/C23H18FN3O6/c24-15-5-1-4-14(10-15)16-12-21(33-26-16)23(29)32-13-22(28)27-18(20-7-3-9-31-20)11-17(25-27)19-6-2-8-30-19/h1-10,18,21H,11-13H2. The van der Waals surface area contributed by atoms with Crippen LogP contribution in [0.25, 0.3) is 0 Å². The number of halogens is 1. The van der Waals surface area contributed by atoms with Crippen LogP contribution < -0.4 is 0 Å². The van der Waals surface area contributed by atoms with E-state index in [2.05, 4.69) is 10.3 Å². The predicted molar refractivity (Wildman–Crippen MR) is 112 cm³/mol. The van der Waals surface area contributed by atoms with E-state index in [4.69, 9.17) is 18.4 Å². The summed E-state index contributed by atoms with van der Waals surface area (Å²) < 4.78 is 29.5. The summed E-state index contributed by atoms with van der Waals surface area (Å²) in [5, 5.41) is 9.45. The average Bonchev–Trinajstić information content (AvgIpc) is 3.63. The van der Waals surface area contributed by atoms with Gasteiger partial charge in [-0.2, -0.15) is 5.10 Å². The van der Waals surface area contributed by atoms with Gasteiger partial charge in [0.1, 0.15) is 29.1 Å². The second-order valence-corrected chi connectivity index (χ2v) is 7.45. The third kappa shape index (κ3) is 4.27. The lowest BCUT2D eigenvalue weighted by molar-refractivity contribution is -0.161. The lowest BCUT2D eigenvalue weighted by Crippen LogP contribution is -2.33. The minimum absolute atomic E-state index is 0.107. The molecule has 2 aliphatic rings. The normalized spacial score (nSPS) is 19.7. The van der Waals surface area contributed by atoms with Crippen LogP contribution in [0.2, 0.25) is 0 Å². The van der Waals surface area contributed by atoms with Gasteiger partial charge in [0.05, 0.1) is 18.2 Å². The topological polar surface area (TPSA) is 107 Å². The smallest absolute Gasteiger partial charge is 0.351 e. The summed E-state index contributed by atoms with van der Waals surface area (Å²) in [6, 6.07) is 12.3. The number of hydrogen-bond acceptors (Lipinski definition) is 8.